The second-order valence-corrected chi connectivity index (χ2v) is 10.6. The first kappa shape index (κ1) is 30.2. The fourth-order valence-electron chi connectivity index (χ4n) is 4.64. The van der Waals surface area contributed by atoms with Crippen molar-refractivity contribution in [2.75, 3.05) is 28.3 Å². The van der Waals surface area contributed by atoms with E-state index in [-0.39, 0.29) is 30.4 Å². The fraction of sp³-hybridized carbons (Fsp3) is 0.118. The van der Waals surface area contributed by atoms with Crippen LogP contribution in [-0.4, -0.2) is 37.0 Å². The van der Waals surface area contributed by atoms with Gasteiger partial charge < -0.3 is 14.8 Å². The predicted molar refractivity (Wildman–Crippen MR) is 172 cm³/mol. The quantitative estimate of drug-likeness (QED) is 0.158. The molecule has 4 aromatic rings. The molecule has 1 aliphatic heterocycles. The minimum absolute atomic E-state index is 0.224. The van der Waals surface area contributed by atoms with Crippen molar-refractivity contribution in [1.82, 2.24) is 0 Å². The van der Waals surface area contributed by atoms with Crippen LogP contribution in [0.1, 0.15) is 18.1 Å². The number of ether oxygens (including phenoxy) is 2. The lowest BCUT2D eigenvalue weighted by Gasteiger charge is -2.34. The summed E-state index contributed by atoms with van der Waals surface area (Å²) >= 11 is 3.49. The maximum absolute atomic E-state index is 13.7. The largest absolute Gasteiger partial charge is 0.490 e. The van der Waals surface area contributed by atoms with E-state index in [0.29, 0.717) is 32.8 Å². The lowest BCUT2D eigenvalue weighted by atomic mass is 10.0. The molecule has 1 heterocycles. The number of para-hydroxylation sites is 2. The zero-order valence-electron chi connectivity index (χ0n) is 24.0. The first-order valence-corrected chi connectivity index (χ1v) is 14.6. The summed E-state index contributed by atoms with van der Waals surface area (Å²) in [6.45, 7) is 3.72. The van der Waals surface area contributed by atoms with Crippen molar-refractivity contribution < 1.29 is 28.7 Å². The Morgan fingerprint density at radius 2 is 1.43 bits per heavy atom. The summed E-state index contributed by atoms with van der Waals surface area (Å²) in [6, 6.07) is 26.7. The molecule has 1 fully saturated rings. The Balaban J connectivity index is 1.48. The fourth-order valence-corrected chi connectivity index (χ4v) is 5.21. The minimum Gasteiger partial charge on any atom is -0.490 e. The molecule has 0 saturated carbocycles. The summed E-state index contributed by atoms with van der Waals surface area (Å²) in [5.41, 5.74) is 2.52. The molecule has 0 radical (unpaired) electrons. The Morgan fingerprint density at radius 3 is 2.00 bits per heavy atom. The van der Waals surface area contributed by atoms with E-state index in [2.05, 4.69) is 21.2 Å². The van der Waals surface area contributed by atoms with E-state index in [1.54, 1.807) is 85.8 Å². The number of barbiturate groups is 1. The molecule has 10 heteroatoms. The third kappa shape index (κ3) is 6.55. The summed E-state index contributed by atoms with van der Waals surface area (Å²) in [4.78, 5) is 55.5. The van der Waals surface area contributed by atoms with Crippen LogP contribution in [-0.2, 0) is 14.4 Å². The lowest BCUT2D eigenvalue weighted by Crippen LogP contribution is -2.57. The van der Waals surface area contributed by atoms with Crippen LogP contribution in [0.3, 0.4) is 0 Å². The Morgan fingerprint density at radius 1 is 0.818 bits per heavy atom. The van der Waals surface area contributed by atoms with Crippen LogP contribution in [0.25, 0.3) is 6.08 Å². The Kier molecular flexibility index (Phi) is 9.20. The van der Waals surface area contributed by atoms with E-state index in [1.165, 1.54) is 6.08 Å². The molecule has 0 aliphatic carbocycles. The average Bonchev–Trinajstić information content (AvgIpc) is 3.00. The van der Waals surface area contributed by atoms with Gasteiger partial charge in [0.25, 0.3) is 17.7 Å². The third-order valence-electron chi connectivity index (χ3n) is 6.57. The molecule has 0 aromatic heterocycles. The van der Waals surface area contributed by atoms with Crippen molar-refractivity contribution in [3.8, 4) is 11.5 Å². The summed E-state index contributed by atoms with van der Waals surface area (Å²) in [5, 5.41) is 2.80. The number of anilines is 3. The number of urea groups is 1. The SMILES string of the molecule is CCOc1cc(C=C2C(=O)N(c3ccccc3)C(=O)N(c3ccccc3)C2=O)cc(Br)c1OCC(=O)Nc1cccc(C)c1. The molecule has 0 bridgehead atoms. The monoisotopic (exact) mass is 653 g/mol. The van der Waals surface area contributed by atoms with Crippen molar-refractivity contribution in [3.63, 3.8) is 0 Å². The van der Waals surface area contributed by atoms with Crippen molar-refractivity contribution in [2.24, 2.45) is 0 Å². The molecular formula is C34H28BrN3O6. The molecule has 5 rings (SSSR count). The van der Waals surface area contributed by atoms with Crippen LogP contribution in [0.2, 0.25) is 0 Å². The number of benzene rings is 4. The van der Waals surface area contributed by atoms with Gasteiger partial charge in [-0.25, -0.2) is 14.6 Å². The lowest BCUT2D eigenvalue weighted by molar-refractivity contribution is -0.121. The number of nitrogens with zero attached hydrogens (tertiary/aromatic N) is 2. The molecule has 1 N–H and O–H groups in total. The molecular weight excluding hydrogens is 626 g/mol. The van der Waals surface area contributed by atoms with Gasteiger partial charge in [0.15, 0.2) is 18.1 Å². The molecule has 0 atom stereocenters. The minimum atomic E-state index is -0.779. The Bertz CT molecular complexity index is 1690. The smallest absolute Gasteiger partial charge is 0.343 e. The van der Waals surface area contributed by atoms with Gasteiger partial charge in [-0.15, -0.1) is 0 Å². The van der Waals surface area contributed by atoms with Crippen molar-refractivity contribution in [2.45, 2.75) is 13.8 Å². The van der Waals surface area contributed by atoms with Gasteiger partial charge in [-0.2, -0.15) is 0 Å². The summed E-state index contributed by atoms with van der Waals surface area (Å²) in [5.74, 6) is -1.31. The maximum Gasteiger partial charge on any atom is 0.343 e. The van der Waals surface area contributed by atoms with Gasteiger partial charge in [0.05, 0.1) is 22.5 Å². The van der Waals surface area contributed by atoms with Crippen molar-refractivity contribution in [3.05, 3.63) is 118 Å². The van der Waals surface area contributed by atoms with Gasteiger partial charge in [0.1, 0.15) is 5.57 Å². The number of nitrogens with one attached hydrogen (secondary N) is 1. The average molecular weight is 655 g/mol. The second-order valence-electron chi connectivity index (χ2n) is 9.76. The maximum atomic E-state index is 13.7. The number of halogens is 1. The van der Waals surface area contributed by atoms with Gasteiger partial charge in [-0.05, 0) is 95.5 Å². The highest BCUT2D eigenvalue weighted by Crippen LogP contribution is 2.38. The molecule has 4 aromatic carbocycles. The predicted octanol–water partition coefficient (Wildman–Crippen LogP) is 6.76. The molecule has 0 unspecified atom stereocenters. The number of hydrogen-bond donors (Lipinski definition) is 1. The normalized spacial score (nSPS) is 13.2. The molecule has 1 saturated heterocycles. The highest BCUT2D eigenvalue weighted by molar-refractivity contribution is 9.10. The van der Waals surface area contributed by atoms with Crippen LogP contribution in [0, 0.1) is 6.92 Å². The first-order chi connectivity index (χ1) is 21.3. The van der Waals surface area contributed by atoms with E-state index in [0.717, 1.165) is 15.4 Å². The Labute approximate surface area is 262 Å². The van der Waals surface area contributed by atoms with E-state index in [4.69, 9.17) is 9.47 Å². The van der Waals surface area contributed by atoms with Gasteiger partial charge in [0, 0.05) is 5.69 Å². The van der Waals surface area contributed by atoms with Crippen LogP contribution in [0.15, 0.2) is 107 Å². The van der Waals surface area contributed by atoms with Gasteiger partial charge >= 0.3 is 6.03 Å². The van der Waals surface area contributed by atoms with E-state index in [9.17, 15) is 19.2 Å². The molecule has 5 amide bonds. The van der Waals surface area contributed by atoms with Gasteiger partial charge in [-0.1, -0.05) is 48.5 Å². The van der Waals surface area contributed by atoms with Crippen LogP contribution in [0.4, 0.5) is 21.9 Å². The van der Waals surface area contributed by atoms with Crippen LogP contribution < -0.4 is 24.6 Å². The van der Waals surface area contributed by atoms with Crippen molar-refractivity contribution in [1.29, 1.82) is 0 Å². The van der Waals surface area contributed by atoms with E-state index in [1.807, 2.05) is 25.1 Å². The van der Waals surface area contributed by atoms with Crippen LogP contribution in [0.5, 0.6) is 11.5 Å². The number of carbonyl (C=O) groups is 4. The topological polar surface area (TPSA) is 105 Å². The molecule has 1 aliphatic rings. The highest BCUT2D eigenvalue weighted by atomic mass is 79.9. The molecule has 9 nitrogen and oxygen atoms in total. The summed E-state index contributed by atoms with van der Waals surface area (Å²) in [6.07, 6.45) is 1.41. The number of imide groups is 2. The zero-order valence-corrected chi connectivity index (χ0v) is 25.5. The molecule has 222 valence electrons. The third-order valence-corrected chi connectivity index (χ3v) is 7.16. The van der Waals surface area contributed by atoms with Crippen molar-refractivity contribution >= 4 is 62.8 Å². The van der Waals surface area contributed by atoms with E-state index >= 15 is 0 Å². The Hall–Kier alpha value is -5.22. The van der Waals surface area contributed by atoms with Gasteiger partial charge in [-0.3, -0.25) is 14.4 Å². The van der Waals surface area contributed by atoms with Crippen LogP contribution >= 0.6 is 15.9 Å². The number of amides is 5. The van der Waals surface area contributed by atoms with Gasteiger partial charge in [0.2, 0.25) is 0 Å². The number of hydrogen-bond acceptors (Lipinski definition) is 6. The zero-order chi connectivity index (χ0) is 31.2. The first-order valence-electron chi connectivity index (χ1n) is 13.8. The second kappa shape index (κ2) is 13.4. The number of carbonyl (C=O) groups excluding carboxylic acids is 4. The standard InChI is InChI=1S/C34H28BrN3O6/c1-3-43-29-20-23(19-28(35)31(29)44-21-30(39)36-24-12-10-11-22(2)17-24)18-27-32(40)37(25-13-6-4-7-14-25)34(42)38(33(27)41)26-15-8-5-9-16-26/h4-20H,3,21H2,1-2H3,(H,36,39). The molecule has 0 spiro atoms. The molecule has 44 heavy (non-hydrogen) atoms. The number of rotatable bonds is 9. The summed E-state index contributed by atoms with van der Waals surface area (Å²) in [7, 11) is 0. The number of aryl methyl sites for hydroxylation is 1. The van der Waals surface area contributed by atoms with E-state index < -0.39 is 17.8 Å². The highest BCUT2D eigenvalue weighted by Gasteiger charge is 2.43. The summed E-state index contributed by atoms with van der Waals surface area (Å²) < 4.78 is 12.1.